The van der Waals surface area contributed by atoms with Gasteiger partial charge in [-0.2, -0.15) is 5.26 Å². The van der Waals surface area contributed by atoms with E-state index < -0.39 is 0 Å². The van der Waals surface area contributed by atoms with Crippen molar-refractivity contribution >= 4 is 16.7 Å². The van der Waals surface area contributed by atoms with Gasteiger partial charge in [-0.3, -0.25) is 0 Å². The Morgan fingerprint density at radius 1 is 0.703 bits per heavy atom. The van der Waals surface area contributed by atoms with Crippen LogP contribution in [0.4, 0.5) is 0 Å². The summed E-state index contributed by atoms with van der Waals surface area (Å²) in [4.78, 5) is 13.6. The van der Waals surface area contributed by atoms with Gasteiger partial charge in [-0.25, -0.2) is 4.79 Å². The summed E-state index contributed by atoms with van der Waals surface area (Å²) in [7, 11) is 0. The first-order valence-corrected chi connectivity index (χ1v) is 15.0. The molecule has 0 amide bonds. The minimum absolute atomic E-state index is 0.125. The standard InChI is InChI=1S/C34H33NO2/c35-14-26-20-11-25(33(26)37-34(36)19-7-3-5-15-4-1-2-6-18(15)19)32-24-13-23(29(20)32)30-21-12-22(31(24)30)28-17-9-8-16(10-17)27(21)28/h1-9,16-17,20-33H,10-13H2. The van der Waals surface area contributed by atoms with Crippen molar-refractivity contribution in [2.45, 2.75) is 31.8 Å². The molecule has 16 unspecified atom stereocenters. The smallest absolute Gasteiger partial charge is 0.339 e. The van der Waals surface area contributed by atoms with Crippen LogP contribution in [0.15, 0.2) is 54.6 Å². The lowest BCUT2D eigenvalue weighted by Crippen LogP contribution is -2.50. The summed E-state index contributed by atoms with van der Waals surface area (Å²) in [6, 6.07) is 16.6. The van der Waals surface area contributed by atoms with Gasteiger partial charge in [0.1, 0.15) is 6.10 Å². The molecule has 7 fully saturated rings. The highest BCUT2D eigenvalue weighted by Gasteiger charge is 2.77. The Labute approximate surface area is 218 Å². The highest BCUT2D eigenvalue weighted by atomic mass is 16.5. The highest BCUT2D eigenvalue weighted by Crippen LogP contribution is 2.81. The number of nitriles is 1. The first-order valence-electron chi connectivity index (χ1n) is 15.0. The number of hydrogen-bond acceptors (Lipinski definition) is 3. The maximum absolute atomic E-state index is 13.6. The molecule has 16 atom stereocenters. The van der Waals surface area contributed by atoms with E-state index in [1.165, 1.54) is 19.3 Å². The Bertz CT molecular complexity index is 1430. The Kier molecular flexibility index (Phi) is 3.68. The average molecular weight is 488 g/mol. The molecule has 0 aliphatic heterocycles. The molecule has 0 aromatic heterocycles. The van der Waals surface area contributed by atoms with Crippen molar-refractivity contribution < 1.29 is 9.53 Å². The minimum atomic E-state index is -0.233. The van der Waals surface area contributed by atoms with E-state index in [1.54, 1.807) is 0 Å². The van der Waals surface area contributed by atoms with Crippen LogP contribution >= 0.6 is 0 Å². The van der Waals surface area contributed by atoms with E-state index in [9.17, 15) is 10.1 Å². The van der Waals surface area contributed by atoms with Crippen LogP contribution in [0.5, 0.6) is 0 Å². The van der Waals surface area contributed by atoms with E-state index in [0.717, 1.165) is 82.3 Å². The molecule has 0 saturated heterocycles. The Hall–Kier alpha value is -2.60. The molecule has 0 N–H and O–H groups in total. The molecule has 3 nitrogen and oxygen atoms in total. The molecular weight excluding hydrogens is 454 g/mol. The molecule has 37 heavy (non-hydrogen) atoms. The molecule has 2 aromatic rings. The summed E-state index contributed by atoms with van der Waals surface area (Å²) in [5.41, 5.74) is 0.644. The van der Waals surface area contributed by atoms with Crippen LogP contribution in [0.1, 0.15) is 36.0 Å². The molecule has 7 saturated carbocycles. The number of fused-ring (bicyclic) bond motifs is 24. The lowest BCUT2D eigenvalue weighted by atomic mass is 9.54. The van der Waals surface area contributed by atoms with Gasteiger partial charge in [0.05, 0.1) is 17.6 Å². The SMILES string of the molecule is N#CC1C2CC(C1OC(=O)c1cccc3ccccc13)C1C3CC(C21)C1C2CC(C4C5C=CC(C5)C24)C31. The summed E-state index contributed by atoms with van der Waals surface area (Å²) in [5, 5.41) is 12.4. The van der Waals surface area contributed by atoms with Gasteiger partial charge < -0.3 is 4.74 Å². The predicted octanol–water partition coefficient (Wildman–Crippen LogP) is 6.36. The Morgan fingerprint density at radius 2 is 1.30 bits per heavy atom. The fourth-order valence-corrected chi connectivity index (χ4v) is 13.4. The normalized spacial score (nSPS) is 54.0. The number of ether oxygens (including phenoxy) is 1. The molecule has 3 heteroatoms. The zero-order valence-corrected chi connectivity index (χ0v) is 21.0. The molecule has 0 radical (unpaired) electrons. The number of hydrogen-bond donors (Lipinski definition) is 0. The first-order chi connectivity index (χ1) is 18.2. The van der Waals surface area contributed by atoms with Crippen molar-refractivity contribution in [1.29, 1.82) is 5.26 Å². The van der Waals surface area contributed by atoms with Crippen LogP contribution in [0.2, 0.25) is 0 Å². The molecule has 8 aliphatic carbocycles. The zero-order chi connectivity index (χ0) is 24.2. The predicted molar refractivity (Wildman–Crippen MR) is 139 cm³/mol. The Morgan fingerprint density at radius 3 is 2.03 bits per heavy atom. The number of benzene rings is 2. The minimum Gasteiger partial charge on any atom is -0.457 e. The van der Waals surface area contributed by atoms with Gasteiger partial charge in [-0.15, -0.1) is 0 Å². The molecule has 8 aliphatic rings. The second-order valence-corrected chi connectivity index (χ2v) is 14.2. The Balaban J connectivity index is 0.976. The summed E-state index contributed by atoms with van der Waals surface area (Å²) < 4.78 is 6.37. The number of esters is 1. The van der Waals surface area contributed by atoms with Crippen molar-refractivity contribution in [1.82, 2.24) is 0 Å². The van der Waals surface area contributed by atoms with Crippen molar-refractivity contribution in [3.8, 4) is 6.07 Å². The third-order valence-corrected chi connectivity index (χ3v) is 13.7. The number of nitrogens with zero attached hydrogens (tertiary/aromatic N) is 1. The van der Waals surface area contributed by atoms with Gasteiger partial charge in [0, 0.05) is 5.92 Å². The number of carbonyl (C=O) groups is 1. The zero-order valence-electron chi connectivity index (χ0n) is 21.0. The quantitative estimate of drug-likeness (QED) is 0.281. The third kappa shape index (κ3) is 2.23. The number of carbonyl (C=O) groups excluding carboxylic acids is 1. The van der Waals surface area contributed by atoms with Crippen LogP contribution in [-0.2, 0) is 4.74 Å². The lowest BCUT2D eigenvalue weighted by molar-refractivity contribution is -0.0666. The average Bonchev–Trinajstić information content (AvgIpc) is 3.76. The van der Waals surface area contributed by atoms with Crippen LogP contribution in [0.3, 0.4) is 0 Å². The van der Waals surface area contributed by atoms with Gasteiger partial charge in [-0.1, -0.05) is 48.6 Å². The number of rotatable bonds is 2. The van der Waals surface area contributed by atoms with E-state index in [0.29, 0.717) is 23.3 Å². The van der Waals surface area contributed by atoms with Crippen molar-refractivity contribution in [3.63, 3.8) is 0 Å². The summed E-state index contributed by atoms with van der Waals surface area (Å²) >= 11 is 0. The van der Waals surface area contributed by atoms with E-state index in [4.69, 9.17) is 4.74 Å². The monoisotopic (exact) mass is 487 g/mol. The number of allylic oxidation sites excluding steroid dienone is 2. The second kappa shape index (κ2) is 6.69. The maximum atomic E-state index is 13.6. The van der Waals surface area contributed by atoms with E-state index in [-0.39, 0.29) is 18.0 Å². The first kappa shape index (κ1) is 20.4. The van der Waals surface area contributed by atoms with Gasteiger partial charge in [0.15, 0.2) is 0 Å². The van der Waals surface area contributed by atoms with Crippen LogP contribution in [0, 0.1) is 100 Å². The van der Waals surface area contributed by atoms with Crippen LogP contribution in [-0.4, -0.2) is 12.1 Å². The molecule has 10 rings (SSSR count). The van der Waals surface area contributed by atoms with Gasteiger partial charge in [-0.05, 0) is 119 Å². The van der Waals surface area contributed by atoms with Gasteiger partial charge in [0.25, 0.3) is 0 Å². The molecule has 0 heterocycles. The van der Waals surface area contributed by atoms with Crippen LogP contribution < -0.4 is 0 Å². The molecule has 186 valence electrons. The maximum Gasteiger partial charge on any atom is 0.339 e. The fraction of sp³-hybridized carbons (Fsp3) is 0.588. The second-order valence-electron chi connectivity index (χ2n) is 14.2. The van der Waals surface area contributed by atoms with E-state index in [2.05, 4.69) is 18.2 Å². The van der Waals surface area contributed by atoms with E-state index in [1.807, 2.05) is 42.5 Å². The van der Waals surface area contributed by atoms with Crippen LogP contribution in [0.25, 0.3) is 10.8 Å². The summed E-state index contributed by atoms with van der Waals surface area (Å²) in [5.74, 6) is 11.1. The van der Waals surface area contributed by atoms with Gasteiger partial charge >= 0.3 is 5.97 Å². The highest BCUT2D eigenvalue weighted by molar-refractivity contribution is 6.04. The summed E-state index contributed by atoms with van der Waals surface area (Å²) in [6.07, 6.45) is 10.4. The fourth-order valence-electron chi connectivity index (χ4n) is 13.4. The molecule has 0 spiro atoms. The molecule has 8 bridgehead atoms. The topological polar surface area (TPSA) is 50.1 Å². The largest absolute Gasteiger partial charge is 0.457 e. The molecule has 2 aromatic carbocycles. The lowest BCUT2D eigenvalue weighted by Gasteiger charge is -2.51. The molecular formula is C34H33NO2. The van der Waals surface area contributed by atoms with Crippen molar-refractivity contribution in [2.75, 3.05) is 0 Å². The van der Waals surface area contributed by atoms with Gasteiger partial charge in [0.2, 0.25) is 0 Å². The summed E-state index contributed by atoms with van der Waals surface area (Å²) in [6.45, 7) is 0. The van der Waals surface area contributed by atoms with Crippen molar-refractivity contribution in [2.24, 2.45) is 88.8 Å². The van der Waals surface area contributed by atoms with Crippen molar-refractivity contribution in [3.05, 3.63) is 60.2 Å². The van der Waals surface area contributed by atoms with E-state index >= 15 is 0 Å². The third-order valence-electron chi connectivity index (χ3n) is 13.7.